The average molecular weight is 281 g/mol. The number of carbonyl (C=O) groups is 1. The van der Waals surface area contributed by atoms with Gasteiger partial charge in [-0.15, -0.1) is 0 Å². The van der Waals surface area contributed by atoms with Crippen molar-refractivity contribution in [1.82, 2.24) is 5.32 Å². The summed E-state index contributed by atoms with van der Waals surface area (Å²) < 4.78 is 24.4. The van der Waals surface area contributed by atoms with Crippen molar-refractivity contribution >= 4 is 15.8 Å². The van der Waals surface area contributed by atoms with Gasteiger partial charge in [0.15, 0.2) is 9.84 Å². The van der Waals surface area contributed by atoms with Gasteiger partial charge >= 0.3 is 5.97 Å². The van der Waals surface area contributed by atoms with Crippen molar-refractivity contribution in [2.45, 2.75) is 16.6 Å². The molecule has 1 saturated heterocycles. The van der Waals surface area contributed by atoms with E-state index < -0.39 is 26.5 Å². The number of piperidine rings is 1. The lowest BCUT2D eigenvalue weighted by Crippen LogP contribution is -2.35. The Labute approximate surface area is 111 Å². The van der Waals surface area contributed by atoms with Gasteiger partial charge in [0.2, 0.25) is 0 Å². The molecule has 2 fully saturated rings. The number of hydrogen-bond acceptors (Lipinski definition) is 4. The Bertz CT molecular complexity index is 654. The minimum atomic E-state index is -3.62. The number of aliphatic carboxylic acids is 1. The van der Waals surface area contributed by atoms with Gasteiger partial charge in [0.1, 0.15) is 4.75 Å². The Morgan fingerprint density at radius 1 is 1.47 bits per heavy atom. The molecule has 1 heterocycles. The molecule has 1 saturated carbocycles. The van der Waals surface area contributed by atoms with Crippen molar-refractivity contribution in [2.75, 3.05) is 13.1 Å². The van der Waals surface area contributed by atoms with E-state index >= 15 is 0 Å². The van der Waals surface area contributed by atoms with Crippen LogP contribution in [0.15, 0.2) is 29.2 Å². The lowest BCUT2D eigenvalue weighted by Gasteiger charge is -2.15. The summed E-state index contributed by atoms with van der Waals surface area (Å²) in [6.07, 6.45) is 0. The van der Waals surface area contributed by atoms with Gasteiger partial charge in [-0.2, -0.15) is 0 Å². The fourth-order valence-corrected chi connectivity index (χ4v) is 5.77. The van der Waals surface area contributed by atoms with Crippen LogP contribution in [0.2, 0.25) is 0 Å². The highest BCUT2D eigenvalue weighted by molar-refractivity contribution is 7.93. The van der Waals surface area contributed by atoms with Gasteiger partial charge in [-0.05, 0) is 24.6 Å². The maximum atomic E-state index is 12.8. The molecule has 0 amide bonds. The van der Waals surface area contributed by atoms with E-state index in [9.17, 15) is 18.3 Å². The largest absolute Gasteiger partial charge is 0.481 e. The summed E-state index contributed by atoms with van der Waals surface area (Å²) in [6.45, 7) is 2.51. The molecule has 1 aliphatic carbocycles. The first-order valence-corrected chi connectivity index (χ1v) is 7.64. The second-order valence-corrected chi connectivity index (χ2v) is 7.57. The van der Waals surface area contributed by atoms with E-state index in [0.717, 1.165) is 5.56 Å². The Morgan fingerprint density at radius 2 is 2.21 bits per heavy atom. The molecule has 1 aliphatic heterocycles. The van der Waals surface area contributed by atoms with Crippen molar-refractivity contribution < 1.29 is 18.3 Å². The predicted octanol–water partition coefficient (Wildman–Crippen LogP) is 0.441. The monoisotopic (exact) mass is 281 g/mol. The molecule has 3 atom stereocenters. The predicted molar refractivity (Wildman–Crippen MR) is 68.6 cm³/mol. The van der Waals surface area contributed by atoms with Gasteiger partial charge in [0, 0.05) is 19.0 Å². The van der Waals surface area contributed by atoms with Crippen LogP contribution in [0.5, 0.6) is 0 Å². The van der Waals surface area contributed by atoms with Crippen LogP contribution in [0.25, 0.3) is 0 Å². The van der Waals surface area contributed by atoms with Crippen molar-refractivity contribution in [3.05, 3.63) is 29.8 Å². The molecule has 0 bridgehead atoms. The molecule has 5 nitrogen and oxygen atoms in total. The van der Waals surface area contributed by atoms with Gasteiger partial charge < -0.3 is 10.4 Å². The third kappa shape index (κ3) is 1.50. The number of carboxylic acid groups (broad SMARTS) is 1. The average Bonchev–Trinajstić information content (AvgIpc) is 2.82. The van der Waals surface area contributed by atoms with Crippen LogP contribution in [0.1, 0.15) is 5.56 Å². The minimum absolute atomic E-state index is 0.227. The molecule has 6 heteroatoms. The highest BCUT2D eigenvalue weighted by atomic mass is 32.2. The zero-order chi connectivity index (χ0) is 13.8. The van der Waals surface area contributed by atoms with Crippen molar-refractivity contribution in [3.63, 3.8) is 0 Å². The normalized spacial score (nSPS) is 32.9. The molecule has 2 aliphatic rings. The standard InChI is InChI=1S/C13H15NO4S/c1-8-3-2-4-9(5-8)19(17,18)13-7-14-6-10(13)11(13)12(15)16/h2-5,10-11,14H,6-7H2,1H3,(H,15,16)/t10-,11-,13-/m1/s1. The molecule has 3 rings (SSSR count). The van der Waals surface area contributed by atoms with E-state index in [1.54, 1.807) is 18.2 Å². The molecule has 0 spiro atoms. The fraction of sp³-hybridized carbons (Fsp3) is 0.462. The Kier molecular flexibility index (Phi) is 2.53. The van der Waals surface area contributed by atoms with E-state index in [1.165, 1.54) is 0 Å². The quantitative estimate of drug-likeness (QED) is 0.840. The van der Waals surface area contributed by atoms with Crippen LogP contribution >= 0.6 is 0 Å². The molecule has 0 unspecified atom stereocenters. The second-order valence-electron chi connectivity index (χ2n) is 5.33. The molecule has 2 N–H and O–H groups in total. The van der Waals surface area contributed by atoms with E-state index in [-0.39, 0.29) is 17.4 Å². The Balaban J connectivity index is 2.09. The summed E-state index contributed by atoms with van der Waals surface area (Å²) >= 11 is 0. The minimum Gasteiger partial charge on any atom is -0.481 e. The molecule has 102 valence electrons. The Hall–Kier alpha value is -1.40. The highest BCUT2D eigenvalue weighted by Crippen LogP contribution is 2.60. The van der Waals surface area contributed by atoms with E-state index in [1.807, 2.05) is 13.0 Å². The SMILES string of the molecule is Cc1cccc(S(=O)(=O)[C@]23CNC[C@@H]2[C@@H]3C(=O)O)c1. The van der Waals surface area contributed by atoms with Crippen LogP contribution < -0.4 is 5.32 Å². The lowest BCUT2D eigenvalue weighted by atomic mass is 10.2. The number of rotatable bonds is 3. The van der Waals surface area contributed by atoms with Gasteiger partial charge in [-0.3, -0.25) is 4.79 Å². The third-order valence-corrected chi connectivity index (χ3v) is 6.86. The van der Waals surface area contributed by atoms with Crippen LogP contribution in [0.3, 0.4) is 0 Å². The summed E-state index contributed by atoms with van der Waals surface area (Å²) in [4.78, 5) is 11.5. The molecule has 19 heavy (non-hydrogen) atoms. The molecular formula is C13H15NO4S. The first-order valence-electron chi connectivity index (χ1n) is 6.16. The van der Waals surface area contributed by atoms with E-state index in [2.05, 4.69) is 5.32 Å². The molecule has 1 aromatic carbocycles. The zero-order valence-corrected chi connectivity index (χ0v) is 11.3. The van der Waals surface area contributed by atoms with Gasteiger partial charge in [0.25, 0.3) is 0 Å². The van der Waals surface area contributed by atoms with E-state index in [4.69, 9.17) is 0 Å². The number of sulfone groups is 1. The number of carboxylic acids is 1. The number of aryl methyl sites for hydroxylation is 1. The van der Waals surface area contributed by atoms with Crippen LogP contribution in [-0.2, 0) is 14.6 Å². The summed E-state index contributed by atoms with van der Waals surface area (Å²) in [5.74, 6) is -2.10. The van der Waals surface area contributed by atoms with Gasteiger partial charge in [-0.25, -0.2) is 8.42 Å². The summed E-state index contributed by atoms with van der Waals surface area (Å²) in [5.41, 5.74) is 0.854. The summed E-state index contributed by atoms with van der Waals surface area (Å²) in [6, 6.07) is 6.66. The summed E-state index contributed by atoms with van der Waals surface area (Å²) in [7, 11) is -3.62. The van der Waals surface area contributed by atoms with Crippen LogP contribution in [-0.4, -0.2) is 37.3 Å². The van der Waals surface area contributed by atoms with Gasteiger partial charge in [0.05, 0.1) is 10.8 Å². The molecule has 1 aromatic rings. The molecule has 0 radical (unpaired) electrons. The van der Waals surface area contributed by atoms with Crippen molar-refractivity contribution in [3.8, 4) is 0 Å². The number of fused-ring (bicyclic) bond motifs is 1. The maximum absolute atomic E-state index is 12.8. The number of nitrogens with one attached hydrogen (secondary N) is 1. The lowest BCUT2D eigenvalue weighted by molar-refractivity contribution is -0.139. The maximum Gasteiger partial charge on any atom is 0.308 e. The zero-order valence-electron chi connectivity index (χ0n) is 10.5. The summed E-state index contributed by atoms with van der Waals surface area (Å²) in [5, 5.41) is 12.2. The van der Waals surface area contributed by atoms with E-state index in [0.29, 0.717) is 6.54 Å². The Morgan fingerprint density at radius 3 is 2.79 bits per heavy atom. The number of hydrogen-bond donors (Lipinski definition) is 2. The smallest absolute Gasteiger partial charge is 0.308 e. The number of benzene rings is 1. The molecule has 0 aromatic heterocycles. The first kappa shape index (κ1) is 12.6. The fourth-order valence-electron chi connectivity index (χ4n) is 3.29. The topological polar surface area (TPSA) is 83.5 Å². The third-order valence-electron chi connectivity index (χ3n) is 4.28. The first-order chi connectivity index (χ1) is 8.91. The highest BCUT2D eigenvalue weighted by Gasteiger charge is 2.77. The second kappa shape index (κ2) is 3.80. The van der Waals surface area contributed by atoms with Gasteiger partial charge in [-0.1, -0.05) is 12.1 Å². The van der Waals surface area contributed by atoms with Crippen LogP contribution in [0.4, 0.5) is 0 Å². The van der Waals surface area contributed by atoms with Crippen molar-refractivity contribution in [2.24, 2.45) is 11.8 Å². The molecular weight excluding hydrogens is 266 g/mol. The van der Waals surface area contributed by atoms with Crippen LogP contribution in [0, 0.1) is 18.8 Å². The van der Waals surface area contributed by atoms with Crippen molar-refractivity contribution in [1.29, 1.82) is 0 Å².